The van der Waals surface area contributed by atoms with E-state index in [0.29, 0.717) is 23.4 Å². The topological polar surface area (TPSA) is 113 Å². The van der Waals surface area contributed by atoms with Crippen molar-refractivity contribution in [2.24, 2.45) is 0 Å². The molecule has 0 unspecified atom stereocenters. The van der Waals surface area contributed by atoms with Crippen LogP contribution in [0.15, 0.2) is 30.3 Å². The van der Waals surface area contributed by atoms with E-state index in [2.05, 4.69) is 20.6 Å². The monoisotopic (exact) mass is 329 g/mol. The Hall–Kier alpha value is -2.74. The number of hydrogen-bond acceptors (Lipinski definition) is 7. The molecular formula is C16H19N5O3. The van der Waals surface area contributed by atoms with Gasteiger partial charge in [-0.1, -0.05) is 0 Å². The van der Waals surface area contributed by atoms with Gasteiger partial charge in [0.1, 0.15) is 5.82 Å². The van der Waals surface area contributed by atoms with Gasteiger partial charge in [0.2, 0.25) is 5.95 Å². The summed E-state index contributed by atoms with van der Waals surface area (Å²) in [5, 5.41) is 26.1. The summed E-state index contributed by atoms with van der Waals surface area (Å²) in [6, 6.07) is 7.91. The van der Waals surface area contributed by atoms with Crippen LogP contribution in [0.2, 0.25) is 0 Å². The highest BCUT2D eigenvalue weighted by Crippen LogP contribution is 2.40. The lowest BCUT2D eigenvalue weighted by Gasteiger charge is -2.14. The zero-order valence-electron chi connectivity index (χ0n) is 13.3. The molecule has 0 saturated heterocycles. The second-order valence-electron chi connectivity index (χ2n) is 5.93. The van der Waals surface area contributed by atoms with Gasteiger partial charge in [0.25, 0.3) is 5.69 Å². The minimum Gasteiger partial charge on any atom is -0.394 e. The molecule has 0 amide bonds. The number of nitrogens with one attached hydrogen (secondary N) is 2. The molecule has 1 saturated carbocycles. The minimum absolute atomic E-state index is 0.0118. The molecule has 1 heterocycles. The first-order chi connectivity index (χ1) is 11.5. The van der Waals surface area contributed by atoms with Crippen molar-refractivity contribution in [1.82, 2.24) is 9.97 Å². The van der Waals surface area contributed by atoms with E-state index in [1.54, 1.807) is 12.1 Å². The molecule has 1 aliphatic rings. The van der Waals surface area contributed by atoms with Crippen LogP contribution in [0, 0.1) is 10.1 Å². The number of nitro groups is 1. The van der Waals surface area contributed by atoms with Gasteiger partial charge >= 0.3 is 0 Å². The zero-order chi connectivity index (χ0) is 17.1. The third-order valence-electron chi connectivity index (χ3n) is 3.74. The number of non-ortho nitro benzene ring substituents is 1. The van der Waals surface area contributed by atoms with Crippen molar-refractivity contribution in [3.8, 4) is 0 Å². The summed E-state index contributed by atoms with van der Waals surface area (Å²) in [5.74, 6) is 1.54. The van der Waals surface area contributed by atoms with Gasteiger partial charge in [0.15, 0.2) is 0 Å². The highest BCUT2D eigenvalue weighted by atomic mass is 16.6. The Labute approximate surface area is 139 Å². The molecule has 1 aliphatic carbocycles. The summed E-state index contributed by atoms with van der Waals surface area (Å²) in [7, 11) is 0. The van der Waals surface area contributed by atoms with Crippen molar-refractivity contribution in [1.29, 1.82) is 0 Å². The predicted octanol–water partition coefficient (Wildman–Crippen LogP) is 2.80. The largest absolute Gasteiger partial charge is 0.394 e. The Kier molecular flexibility index (Phi) is 4.57. The molecule has 8 heteroatoms. The van der Waals surface area contributed by atoms with Crippen LogP contribution < -0.4 is 10.6 Å². The fraction of sp³-hybridized carbons (Fsp3) is 0.375. The molecule has 0 spiro atoms. The van der Waals surface area contributed by atoms with E-state index in [1.807, 2.05) is 13.0 Å². The SMILES string of the molecule is C[C@@H](CO)Nc1nc(Nc2ccc([N+](=O)[O-])cc2)cc(C2CC2)n1. The van der Waals surface area contributed by atoms with Crippen molar-refractivity contribution >= 4 is 23.1 Å². The lowest BCUT2D eigenvalue weighted by Crippen LogP contribution is -2.21. The zero-order valence-corrected chi connectivity index (χ0v) is 13.3. The fourth-order valence-corrected chi connectivity index (χ4v) is 2.26. The molecule has 2 aromatic rings. The fourth-order valence-electron chi connectivity index (χ4n) is 2.26. The van der Waals surface area contributed by atoms with Gasteiger partial charge in [-0.15, -0.1) is 0 Å². The van der Waals surface area contributed by atoms with Crippen molar-refractivity contribution < 1.29 is 10.0 Å². The summed E-state index contributed by atoms with van der Waals surface area (Å²) < 4.78 is 0. The molecule has 0 radical (unpaired) electrons. The van der Waals surface area contributed by atoms with Crippen LogP contribution >= 0.6 is 0 Å². The van der Waals surface area contributed by atoms with Crippen molar-refractivity contribution in [2.75, 3.05) is 17.2 Å². The van der Waals surface area contributed by atoms with E-state index in [4.69, 9.17) is 0 Å². The molecule has 8 nitrogen and oxygen atoms in total. The molecular weight excluding hydrogens is 310 g/mol. The minimum atomic E-state index is -0.433. The van der Waals surface area contributed by atoms with Gasteiger partial charge in [-0.25, -0.2) is 4.98 Å². The number of anilines is 3. The van der Waals surface area contributed by atoms with Crippen molar-refractivity contribution in [3.05, 3.63) is 46.1 Å². The molecule has 0 bridgehead atoms. The highest BCUT2D eigenvalue weighted by molar-refractivity contribution is 5.59. The lowest BCUT2D eigenvalue weighted by molar-refractivity contribution is -0.384. The Morgan fingerprint density at radius 3 is 2.62 bits per heavy atom. The second-order valence-corrected chi connectivity index (χ2v) is 5.93. The molecule has 3 rings (SSSR count). The summed E-state index contributed by atoms with van der Waals surface area (Å²) in [5.41, 5.74) is 1.71. The summed E-state index contributed by atoms with van der Waals surface area (Å²) in [6.45, 7) is 1.83. The number of benzene rings is 1. The van der Waals surface area contributed by atoms with Gasteiger partial charge < -0.3 is 15.7 Å². The Balaban J connectivity index is 1.81. The number of aromatic nitrogens is 2. The standard InChI is InChI=1S/C16H19N5O3/c1-10(9-22)17-16-19-14(11-2-3-11)8-15(20-16)18-12-4-6-13(7-5-12)21(23)24/h4-8,10-11,22H,2-3,9H2,1H3,(H2,17,18,19,20)/t10-/m0/s1. The van der Waals surface area contributed by atoms with Crippen LogP contribution in [-0.4, -0.2) is 32.6 Å². The maximum atomic E-state index is 10.7. The van der Waals surface area contributed by atoms with Crippen molar-refractivity contribution in [2.45, 2.75) is 31.7 Å². The summed E-state index contributed by atoms with van der Waals surface area (Å²) >= 11 is 0. The van der Waals surface area contributed by atoms with Crippen LogP contribution in [0.3, 0.4) is 0 Å². The van der Waals surface area contributed by atoms with Crippen molar-refractivity contribution in [3.63, 3.8) is 0 Å². The first-order valence-electron chi connectivity index (χ1n) is 7.83. The average molecular weight is 329 g/mol. The Morgan fingerprint density at radius 1 is 1.33 bits per heavy atom. The number of hydrogen-bond donors (Lipinski definition) is 3. The normalized spacial score (nSPS) is 14.9. The van der Waals surface area contributed by atoms with Crippen LogP contribution in [0.1, 0.15) is 31.4 Å². The van der Waals surface area contributed by atoms with Gasteiger partial charge in [-0.05, 0) is 31.9 Å². The average Bonchev–Trinajstić information content (AvgIpc) is 3.40. The summed E-state index contributed by atoms with van der Waals surface area (Å²) in [4.78, 5) is 19.2. The Morgan fingerprint density at radius 2 is 2.04 bits per heavy atom. The van der Waals surface area contributed by atoms with Crippen LogP contribution in [0.4, 0.5) is 23.1 Å². The molecule has 24 heavy (non-hydrogen) atoms. The number of rotatable bonds is 7. The van der Waals surface area contributed by atoms with Crippen LogP contribution in [-0.2, 0) is 0 Å². The van der Waals surface area contributed by atoms with Gasteiger partial charge in [-0.2, -0.15) is 4.98 Å². The third-order valence-corrected chi connectivity index (χ3v) is 3.74. The third kappa shape index (κ3) is 3.96. The molecule has 3 N–H and O–H groups in total. The number of aliphatic hydroxyl groups is 1. The van der Waals surface area contributed by atoms with Gasteiger partial charge in [0, 0.05) is 35.8 Å². The second kappa shape index (κ2) is 6.79. The van der Waals surface area contributed by atoms with E-state index in [-0.39, 0.29) is 18.3 Å². The quantitative estimate of drug-likeness (QED) is 0.528. The summed E-state index contributed by atoms with van der Waals surface area (Å²) in [6.07, 6.45) is 2.23. The predicted molar refractivity (Wildman–Crippen MR) is 90.6 cm³/mol. The van der Waals surface area contributed by atoms with E-state index in [0.717, 1.165) is 18.5 Å². The Bertz CT molecular complexity index is 731. The van der Waals surface area contributed by atoms with E-state index >= 15 is 0 Å². The highest BCUT2D eigenvalue weighted by Gasteiger charge is 2.26. The smallest absolute Gasteiger partial charge is 0.269 e. The number of nitrogens with zero attached hydrogens (tertiary/aromatic N) is 3. The van der Waals surface area contributed by atoms with E-state index < -0.39 is 4.92 Å². The van der Waals surface area contributed by atoms with Crippen LogP contribution in [0.25, 0.3) is 0 Å². The lowest BCUT2D eigenvalue weighted by atomic mass is 10.2. The number of aliphatic hydroxyl groups excluding tert-OH is 1. The van der Waals surface area contributed by atoms with E-state index in [1.165, 1.54) is 12.1 Å². The maximum Gasteiger partial charge on any atom is 0.269 e. The first-order valence-corrected chi connectivity index (χ1v) is 7.83. The van der Waals surface area contributed by atoms with Crippen LogP contribution in [0.5, 0.6) is 0 Å². The van der Waals surface area contributed by atoms with E-state index in [9.17, 15) is 15.2 Å². The molecule has 1 aromatic heterocycles. The molecule has 1 aromatic carbocycles. The molecule has 1 fully saturated rings. The maximum absolute atomic E-state index is 10.7. The van der Waals surface area contributed by atoms with Gasteiger partial charge in [0.05, 0.1) is 17.2 Å². The molecule has 1 atom stereocenters. The van der Waals surface area contributed by atoms with Gasteiger partial charge in [-0.3, -0.25) is 10.1 Å². The number of nitro benzene ring substituents is 1. The first kappa shape index (κ1) is 16.1. The molecule has 0 aliphatic heterocycles. The molecule has 126 valence electrons.